The summed E-state index contributed by atoms with van der Waals surface area (Å²) >= 11 is 0. The lowest BCUT2D eigenvalue weighted by Crippen LogP contribution is -2.50. The van der Waals surface area contributed by atoms with Crippen LogP contribution in [0.4, 0.5) is 5.69 Å². The summed E-state index contributed by atoms with van der Waals surface area (Å²) in [6, 6.07) is 1.69. The fourth-order valence-electron chi connectivity index (χ4n) is 6.10. The molecule has 4 N–H and O–H groups in total. The Hall–Kier alpha value is -4.36. The highest BCUT2D eigenvalue weighted by Gasteiger charge is 2.38. The molecule has 226 valence electrons. The van der Waals surface area contributed by atoms with E-state index in [-0.39, 0.29) is 42.8 Å². The summed E-state index contributed by atoms with van der Waals surface area (Å²) in [6.07, 6.45) is 7.95. The van der Waals surface area contributed by atoms with Crippen LogP contribution in [-0.4, -0.2) is 67.9 Å². The van der Waals surface area contributed by atoms with E-state index in [1.165, 1.54) is 53.8 Å². The lowest BCUT2D eigenvalue weighted by Gasteiger charge is -2.44. The molecule has 2 fully saturated rings. The van der Waals surface area contributed by atoms with E-state index in [2.05, 4.69) is 38.3 Å². The van der Waals surface area contributed by atoms with Crippen molar-refractivity contribution in [2.45, 2.75) is 70.5 Å². The van der Waals surface area contributed by atoms with Gasteiger partial charge in [-0.05, 0) is 55.6 Å². The van der Waals surface area contributed by atoms with Crippen molar-refractivity contribution in [3.05, 3.63) is 40.8 Å². The minimum absolute atomic E-state index is 0.0723. The van der Waals surface area contributed by atoms with Crippen LogP contribution in [0.25, 0.3) is 0 Å². The quantitative estimate of drug-likeness (QED) is 0.269. The maximum Gasteiger partial charge on any atom is 0.291 e. The Morgan fingerprint density at radius 2 is 1.93 bits per heavy atom. The van der Waals surface area contributed by atoms with Crippen molar-refractivity contribution in [1.82, 2.24) is 35.3 Å². The number of carbonyl (C=O) groups is 5. The van der Waals surface area contributed by atoms with Crippen molar-refractivity contribution < 1.29 is 24.0 Å². The highest BCUT2D eigenvalue weighted by atomic mass is 16.2. The smallest absolute Gasteiger partial charge is 0.291 e. The summed E-state index contributed by atoms with van der Waals surface area (Å²) in [5.41, 5.74) is -0.711. The number of Topliss-reactive ketones (excluding diaryl/α,β-unsaturated/α-hetero) is 1. The first-order valence-corrected chi connectivity index (χ1v) is 14.3. The minimum Gasteiger partial charge on any atom is -0.353 e. The average molecular weight is 583 g/mol. The van der Waals surface area contributed by atoms with Gasteiger partial charge in [0.05, 0.1) is 0 Å². The lowest BCUT2D eigenvalue weighted by molar-refractivity contribution is -0.137. The van der Waals surface area contributed by atoms with Crippen LogP contribution < -0.4 is 26.8 Å². The zero-order chi connectivity index (χ0) is 30.4. The molecular formula is C28H38N8O6. The fraction of sp³-hybridized carbons (Fsp3) is 0.571. The largest absolute Gasteiger partial charge is 0.353 e. The number of amides is 4. The Kier molecular flexibility index (Phi) is 9.86. The fourth-order valence-corrected chi connectivity index (χ4v) is 6.10. The standard InChI is InChI=1S/C28H38N8O6/c1-16-12-17-6-4-7-18(13-17)23(16)33-22(38)14-36-11-5-8-20(28(36)42)32-25(39)19(9-10-21(37)26(40)29-2)31-27(41)24-30-15-35(3)34-24/h5,8,11,15-19,23H,4,6-7,9-10,12-14H2,1-3H3,(H,29,40)(H,31,41)(H,32,39)(H,33,38)/t16?,17?,18?,19-,23?/m0/s1. The van der Waals surface area contributed by atoms with Crippen molar-refractivity contribution >= 4 is 35.1 Å². The van der Waals surface area contributed by atoms with Crippen LogP contribution in [0.3, 0.4) is 0 Å². The number of pyridine rings is 1. The van der Waals surface area contributed by atoms with Gasteiger partial charge in [-0.3, -0.25) is 33.4 Å². The molecule has 2 bridgehead atoms. The van der Waals surface area contributed by atoms with E-state index in [0.717, 1.165) is 25.2 Å². The minimum atomic E-state index is -1.29. The van der Waals surface area contributed by atoms with Gasteiger partial charge >= 0.3 is 0 Å². The number of likely N-dealkylation sites (N-methyl/N-ethyl adjacent to an activating group) is 1. The Balaban J connectivity index is 1.43. The predicted octanol–water partition coefficient (Wildman–Crippen LogP) is 0.140. The number of fused-ring (bicyclic) bond motifs is 2. The van der Waals surface area contributed by atoms with Crippen LogP contribution in [0.15, 0.2) is 29.5 Å². The molecule has 0 spiro atoms. The SMILES string of the molecule is CNC(=O)C(=O)CC[C@H](NC(=O)c1ncn(C)n1)C(=O)Nc1cccn(CC(=O)NC2C(C)CC3CCCC2C3)c1=O. The van der Waals surface area contributed by atoms with Gasteiger partial charge in [0.2, 0.25) is 23.4 Å². The Morgan fingerprint density at radius 3 is 2.64 bits per heavy atom. The van der Waals surface area contributed by atoms with Crippen molar-refractivity contribution in [3.63, 3.8) is 0 Å². The number of hydrogen-bond acceptors (Lipinski definition) is 8. The van der Waals surface area contributed by atoms with Gasteiger partial charge in [-0.1, -0.05) is 19.8 Å². The van der Waals surface area contributed by atoms with E-state index in [9.17, 15) is 28.8 Å². The molecule has 4 rings (SSSR count). The van der Waals surface area contributed by atoms with Gasteiger partial charge in [-0.25, -0.2) is 4.98 Å². The van der Waals surface area contributed by atoms with Gasteiger partial charge < -0.3 is 25.8 Å². The molecule has 4 unspecified atom stereocenters. The second-order valence-electron chi connectivity index (χ2n) is 11.3. The molecule has 0 aromatic carbocycles. The number of anilines is 1. The van der Waals surface area contributed by atoms with Gasteiger partial charge in [0, 0.05) is 32.8 Å². The lowest BCUT2D eigenvalue weighted by atomic mass is 9.65. The highest BCUT2D eigenvalue weighted by Crippen LogP contribution is 2.42. The first-order chi connectivity index (χ1) is 20.0. The van der Waals surface area contributed by atoms with E-state index in [4.69, 9.17) is 0 Å². The van der Waals surface area contributed by atoms with E-state index in [0.29, 0.717) is 11.8 Å². The third-order valence-electron chi connectivity index (χ3n) is 8.13. The number of nitrogens with zero attached hydrogens (tertiary/aromatic N) is 4. The van der Waals surface area contributed by atoms with Crippen LogP contribution in [0, 0.1) is 17.8 Å². The first kappa shape index (κ1) is 30.6. The number of rotatable bonds is 11. The van der Waals surface area contributed by atoms with Gasteiger partial charge in [-0.2, -0.15) is 0 Å². The van der Waals surface area contributed by atoms with E-state index < -0.39 is 35.1 Å². The summed E-state index contributed by atoms with van der Waals surface area (Å²) in [7, 11) is 2.87. The summed E-state index contributed by atoms with van der Waals surface area (Å²) in [4.78, 5) is 79.6. The van der Waals surface area contributed by atoms with Crippen molar-refractivity contribution in [2.24, 2.45) is 24.8 Å². The number of aromatic nitrogens is 4. The summed E-state index contributed by atoms with van der Waals surface area (Å²) in [6.45, 7) is 1.95. The Bertz CT molecular complexity index is 1400. The predicted molar refractivity (Wildman–Crippen MR) is 151 cm³/mol. The topological polar surface area (TPSA) is 186 Å². The Morgan fingerprint density at radius 1 is 1.14 bits per heavy atom. The van der Waals surface area contributed by atoms with Crippen LogP contribution >= 0.6 is 0 Å². The Labute approximate surface area is 243 Å². The normalized spacial score (nSPS) is 22.0. The van der Waals surface area contributed by atoms with Gasteiger partial charge in [0.25, 0.3) is 17.4 Å². The molecule has 42 heavy (non-hydrogen) atoms. The highest BCUT2D eigenvalue weighted by molar-refractivity contribution is 6.36. The van der Waals surface area contributed by atoms with Crippen molar-refractivity contribution in [2.75, 3.05) is 12.4 Å². The molecule has 2 heterocycles. The number of nitrogens with one attached hydrogen (secondary N) is 4. The van der Waals surface area contributed by atoms with Crippen molar-refractivity contribution in [1.29, 1.82) is 0 Å². The van der Waals surface area contributed by atoms with E-state index in [1.54, 1.807) is 7.05 Å². The maximum absolute atomic E-state index is 13.2. The summed E-state index contributed by atoms with van der Waals surface area (Å²) in [5, 5.41) is 14.2. The molecule has 2 aromatic rings. The van der Waals surface area contributed by atoms with Gasteiger partial charge in [-0.15, -0.1) is 5.10 Å². The first-order valence-electron chi connectivity index (χ1n) is 14.3. The zero-order valence-electron chi connectivity index (χ0n) is 24.1. The van der Waals surface area contributed by atoms with Crippen LogP contribution in [0.1, 0.15) is 62.5 Å². The molecule has 2 aliphatic carbocycles. The third-order valence-corrected chi connectivity index (χ3v) is 8.13. The molecule has 0 radical (unpaired) electrons. The maximum atomic E-state index is 13.2. The van der Waals surface area contributed by atoms with Gasteiger partial charge in [0.1, 0.15) is 24.6 Å². The van der Waals surface area contributed by atoms with Crippen LogP contribution in [-0.2, 0) is 32.8 Å². The molecule has 0 aliphatic heterocycles. The van der Waals surface area contributed by atoms with Gasteiger partial charge in [0.15, 0.2) is 0 Å². The number of hydrogen-bond donors (Lipinski definition) is 4. The second-order valence-corrected chi connectivity index (χ2v) is 11.3. The molecule has 14 heteroatoms. The monoisotopic (exact) mass is 582 g/mol. The zero-order valence-corrected chi connectivity index (χ0v) is 24.1. The molecule has 5 atom stereocenters. The van der Waals surface area contributed by atoms with Crippen LogP contribution in [0.5, 0.6) is 0 Å². The summed E-state index contributed by atoms with van der Waals surface area (Å²) < 4.78 is 2.52. The molecule has 0 saturated heterocycles. The molecule has 2 saturated carbocycles. The van der Waals surface area contributed by atoms with E-state index >= 15 is 0 Å². The summed E-state index contributed by atoms with van der Waals surface area (Å²) in [5.74, 6) is -2.10. The van der Waals surface area contributed by atoms with Crippen molar-refractivity contribution in [3.8, 4) is 0 Å². The molecule has 2 aliphatic rings. The molecule has 4 amide bonds. The number of ketones is 1. The molecule has 14 nitrogen and oxygen atoms in total. The van der Waals surface area contributed by atoms with Crippen LogP contribution in [0.2, 0.25) is 0 Å². The molecule has 2 aromatic heterocycles. The average Bonchev–Trinajstić information content (AvgIpc) is 3.41. The molecular weight excluding hydrogens is 544 g/mol. The third kappa shape index (κ3) is 7.47. The number of aryl methyl sites for hydroxylation is 1. The number of carbonyl (C=O) groups excluding carboxylic acids is 5. The second kappa shape index (κ2) is 13.5. The van der Waals surface area contributed by atoms with E-state index in [1.807, 2.05) is 0 Å².